The molecule has 33 heavy (non-hydrogen) atoms. The van der Waals surface area contributed by atoms with Crippen molar-refractivity contribution < 1.29 is 28.7 Å². The molecule has 174 valence electrons. The topological polar surface area (TPSA) is 102 Å². The van der Waals surface area contributed by atoms with E-state index in [2.05, 4.69) is 5.32 Å². The molecule has 2 aromatic carbocycles. The molecule has 2 amide bonds. The lowest BCUT2D eigenvalue weighted by atomic mass is 10.2. The third-order valence-corrected chi connectivity index (χ3v) is 5.99. The summed E-state index contributed by atoms with van der Waals surface area (Å²) >= 11 is 1.28. The highest BCUT2D eigenvalue weighted by atomic mass is 32.2. The van der Waals surface area contributed by atoms with E-state index in [0.29, 0.717) is 21.7 Å². The summed E-state index contributed by atoms with van der Waals surface area (Å²) in [7, 11) is 0. The van der Waals surface area contributed by atoms with Crippen LogP contribution in [0.4, 0.5) is 5.69 Å². The number of nitrogens with zero attached hydrogens (tertiary/aromatic N) is 1. The Morgan fingerprint density at radius 3 is 2.33 bits per heavy atom. The maximum absolute atomic E-state index is 12.5. The van der Waals surface area contributed by atoms with Crippen LogP contribution in [0.25, 0.3) is 0 Å². The molecule has 0 spiro atoms. The number of carbonyl (C=O) groups excluding carboxylic acids is 4. The van der Waals surface area contributed by atoms with Gasteiger partial charge in [-0.25, -0.2) is 9.59 Å². The lowest BCUT2D eigenvalue weighted by Crippen LogP contribution is -2.29. The molecule has 1 N–H and O–H groups in total. The Balaban J connectivity index is 1.50. The van der Waals surface area contributed by atoms with E-state index in [1.807, 2.05) is 4.90 Å². The molecular formula is C24H26N2O6S. The van der Waals surface area contributed by atoms with Crippen molar-refractivity contribution in [3.8, 4) is 0 Å². The van der Waals surface area contributed by atoms with Crippen molar-refractivity contribution in [2.24, 2.45) is 0 Å². The number of ether oxygens (including phenoxy) is 2. The molecular weight excluding hydrogens is 444 g/mol. The van der Waals surface area contributed by atoms with Gasteiger partial charge in [-0.15, -0.1) is 11.8 Å². The van der Waals surface area contributed by atoms with Gasteiger partial charge in [0, 0.05) is 23.7 Å². The van der Waals surface area contributed by atoms with Gasteiger partial charge in [-0.1, -0.05) is 12.1 Å². The Kier molecular flexibility index (Phi) is 8.88. The number of likely N-dealkylation sites (tertiary alicyclic amines) is 1. The number of benzene rings is 2. The molecule has 9 heteroatoms. The van der Waals surface area contributed by atoms with Crippen LogP contribution in [0.2, 0.25) is 0 Å². The molecule has 0 aliphatic carbocycles. The van der Waals surface area contributed by atoms with E-state index < -0.39 is 24.5 Å². The Morgan fingerprint density at radius 2 is 1.64 bits per heavy atom. The normalized spacial score (nSPS) is 12.8. The maximum atomic E-state index is 12.5. The van der Waals surface area contributed by atoms with E-state index in [-0.39, 0.29) is 18.3 Å². The van der Waals surface area contributed by atoms with E-state index in [4.69, 9.17) is 9.47 Å². The summed E-state index contributed by atoms with van der Waals surface area (Å²) < 4.78 is 10.1. The average molecular weight is 471 g/mol. The van der Waals surface area contributed by atoms with Crippen molar-refractivity contribution in [3.63, 3.8) is 0 Å². The molecule has 0 atom stereocenters. The number of esters is 2. The summed E-state index contributed by atoms with van der Waals surface area (Å²) in [6.45, 7) is 3.09. The van der Waals surface area contributed by atoms with Gasteiger partial charge in [-0.2, -0.15) is 0 Å². The lowest BCUT2D eigenvalue weighted by Gasteiger charge is -2.15. The van der Waals surface area contributed by atoms with Crippen molar-refractivity contribution >= 4 is 41.2 Å². The summed E-state index contributed by atoms with van der Waals surface area (Å²) in [6.07, 6.45) is 2.05. The number of thioether (sulfide) groups is 1. The van der Waals surface area contributed by atoms with E-state index in [1.54, 1.807) is 43.3 Å². The quantitative estimate of drug-likeness (QED) is 0.443. The first kappa shape index (κ1) is 24.3. The fourth-order valence-electron chi connectivity index (χ4n) is 3.27. The minimum atomic E-state index is -0.639. The highest BCUT2D eigenvalue weighted by molar-refractivity contribution is 8.00. The second-order valence-corrected chi connectivity index (χ2v) is 8.31. The summed E-state index contributed by atoms with van der Waals surface area (Å²) in [5.74, 6) is -1.30. The van der Waals surface area contributed by atoms with Gasteiger partial charge in [0.25, 0.3) is 5.91 Å². The number of hydrogen-bond donors (Lipinski definition) is 1. The molecule has 1 heterocycles. The highest BCUT2D eigenvalue weighted by Crippen LogP contribution is 2.24. The van der Waals surface area contributed by atoms with Crippen molar-refractivity contribution in [3.05, 3.63) is 59.7 Å². The zero-order chi connectivity index (χ0) is 23.6. The molecule has 1 aliphatic heterocycles. The van der Waals surface area contributed by atoms with Gasteiger partial charge < -0.3 is 19.7 Å². The fourth-order valence-corrected chi connectivity index (χ4v) is 4.21. The monoisotopic (exact) mass is 470 g/mol. The number of nitrogens with one attached hydrogen (secondary N) is 1. The van der Waals surface area contributed by atoms with Crippen LogP contribution in [-0.4, -0.2) is 60.7 Å². The molecule has 0 bridgehead atoms. The SMILES string of the molecule is CCOC(=O)c1ccc(NC(=O)COC(=O)c2ccccc2SCC(=O)N2CCCC2)cc1. The van der Waals surface area contributed by atoms with E-state index >= 15 is 0 Å². The van der Waals surface area contributed by atoms with Gasteiger partial charge in [0.2, 0.25) is 5.91 Å². The summed E-state index contributed by atoms with van der Waals surface area (Å²) in [4.78, 5) is 51.2. The van der Waals surface area contributed by atoms with Crippen LogP contribution in [0.1, 0.15) is 40.5 Å². The first-order valence-corrected chi connectivity index (χ1v) is 11.7. The minimum absolute atomic E-state index is 0.0500. The van der Waals surface area contributed by atoms with Crippen molar-refractivity contribution in [1.29, 1.82) is 0 Å². The fraction of sp³-hybridized carbons (Fsp3) is 0.333. The smallest absolute Gasteiger partial charge is 0.339 e. The van der Waals surface area contributed by atoms with E-state index in [9.17, 15) is 19.2 Å². The lowest BCUT2D eigenvalue weighted by molar-refractivity contribution is -0.127. The number of anilines is 1. The van der Waals surface area contributed by atoms with Crippen LogP contribution >= 0.6 is 11.8 Å². The standard InChI is InChI=1S/C24H26N2O6S/c1-2-31-23(29)17-9-11-18(12-10-17)25-21(27)15-32-24(30)19-7-3-4-8-20(19)33-16-22(28)26-13-5-6-14-26/h3-4,7-12H,2,5-6,13-16H2,1H3,(H,25,27). The number of hydrogen-bond acceptors (Lipinski definition) is 7. The number of carbonyl (C=O) groups is 4. The average Bonchev–Trinajstić information content (AvgIpc) is 3.37. The molecule has 2 aromatic rings. The predicted molar refractivity (Wildman–Crippen MR) is 124 cm³/mol. The van der Waals surface area contributed by atoms with E-state index in [1.165, 1.54) is 23.9 Å². The maximum Gasteiger partial charge on any atom is 0.339 e. The second-order valence-electron chi connectivity index (χ2n) is 7.29. The minimum Gasteiger partial charge on any atom is -0.462 e. The van der Waals surface area contributed by atoms with Gasteiger partial charge in [-0.3, -0.25) is 9.59 Å². The van der Waals surface area contributed by atoms with Crippen LogP contribution in [0.15, 0.2) is 53.4 Å². The molecule has 1 saturated heterocycles. The molecule has 0 aromatic heterocycles. The predicted octanol–water partition coefficient (Wildman–Crippen LogP) is 3.37. The number of rotatable bonds is 9. The van der Waals surface area contributed by atoms with Crippen molar-refractivity contribution in [2.45, 2.75) is 24.7 Å². The van der Waals surface area contributed by atoms with Crippen molar-refractivity contribution in [2.75, 3.05) is 37.4 Å². The summed E-state index contributed by atoms with van der Waals surface area (Å²) in [5.41, 5.74) is 1.14. The van der Waals surface area contributed by atoms with Gasteiger partial charge >= 0.3 is 11.9 Å². The third kappa shape index (κ3) is 7.08. The summed E-state index contributed by atoms with van der Waals surface area (Å²) in [6, 6.07) is 13.1. The van der Waals surface area contributed by atoms with Crippen molar-refractivity contribution in [1.82, 2.24) is 4.90 Å². The molecule has 3 rings (SSSR count). The Bertz CT molecular complexity index is 1000. The van der Waals surface area contributed by atoms with Gasteiger partial charge in [0.1, 0.15) is 0 Å². The second kappa shape index (κ2) is 12.1. The molecule has 8 nitrogen and oxygen atoms in total. The summed E-state index contributed by atoms with van der Waals surface area (Å²) in [5, 5.41) is 2.61. The molecule has 1 aliphatic rings. The Morgan fingerprint density at radius 1 is 0.939 bits per heavy atom. The molecule has 0 radical (unpaired) electrons. The Hall–Kier alpha value is -3.33. The van der Waals surface area contributed by atoms with E-state index in [0.717, 1.165) is 25.9 Å². The van der Waals surface area contributed by atoms with Gasteiger partial charge in [0.05, 0.1) is 23.5 Å². The molecule has 1 fully saturated rings. The van der Waals surface area contributed by atoms with Crippen LogP contribution < -0.4 is 5.32 Å². The zero-order valence-corrected chi connectivity index (χ0v) is 19.2. The molecule has 0 unspecified atom stereocenters. The first-order valence-electron chi connectivity index (χ1n) is 10.7. The van der Waals surface area contributed by atoms with Gasteiger partial charge in [-0.05, 0) is 56.2 Å². The van der Waals surface area contributed by atoms with Crippen LogP contribution in [0.3, 0.4) is 0 Å². The van der Waals surface area contributed by atoms with Crippen LogP contribution in [-0.2, 0) is 19.1 Å². The number of amides is 2. The Labute approximate surface area is 196 Å². The largest absolute Gasteiger partial charge is 0.462 e. The first-order chi connectivity index (χ1) is 16.0. The van der Waals surface area contributed by atoms with Gasteiger partial charge in [0.15, 0.2) is 6.61 Å². The zero-order valence-electron chi connectivity index (χ0n) is 18.4. The van der Waals surface area contributed by atoms with Crippen LogP contribution in [0, 0.1) is 0 Å². The molecule has 0 saturated carbocycles. The third-order valence-electron chi connectivity index (χ3n) is 4.93. The van der Waals surface area contributed by atoms with Crippen LogP contribution in [0.5, 0.6) is 0 Å². The highest BCUT2D eigenvalue weighted by Gasteiger charge is 2.20.